The predicted octanol–water partition coefficient (Wildman–Crippen LogP) is 4.92. The standard InChI is InChI=1S/C29H36N8O2Si/c1-40(2,3)15-14-38-20-36-12-8-24-27(31-19-32-28(24)36)23-16-33-37(18-23)25(6-10-30)22-7-11-35(17-22)26-5-4-21-9-13-39-29(21)34-26/h4-5,8,12,16,18-19,22,25H,6-7,9,11,13-15,17,20H2,1-3H3. The molecule has 0 N–H and O–H groups in total. The topological polar surface area (TPSA) is 107 Å². The fourth-order valence-electron chi connectivity index (χ4n) is 5.61. The third kappa shape index (κ3) is 5.46. The average molecular weight is 557 g/mol. The van der Waals surface area contributed by atoms with Gasteiger partial charge in [0.1, 0.15) is 24.5 Å². The van der Waals surface area contributed by atoms with E-state index in [1.165, 1.54) is 5.56 Å². The molecule has 1 fully saturated rings. The third-order valence-electron chi connectivity index (χ3n) is 7.93. The smallest absolute Gasteiger partial charge is 0.218 e. The highest BCUT2D eigenvalue weighted by molar-refractivity contribution is 6.76. The fourth-order valence-corrected chi connectivity index (χ4v) is 6.37. The van der Waals surface area contributed by atoms with E-state index in [1.54, 1.807) is 6.33 Å². The second-order valence-electron chi connectivity index (χ2n) is 12.0. The Morgan fingerprint density at radius 2 is 2.12 bits per heavy atom. The van der Waals surface area contributed by atoms with Crippen molar-refractivity contribution in [3.05, 3.63) is 48.7 Å². The van der Waals surface area contributed by atoms with Gasteiger partial charge in [-0.1, -0.05) is 19.6 Å². The van der Waals surface area contributed by atoms with Crippen LogP contribution < -0.4 is 9.64 Å². The van der Waals surface area contributed by atoms with Gasteiger partial charge in [-0.25, -0.2) is 9.97 Å². The largest absolute Gasteiger partial charge is 0.477 e. The van der Waals surface area contributed by atoms with Crippen LogP contribution in [0, 0.1) is 17.2 Å². The molecule has 0 spiro atoms. The fraction of sp³-hybridized carbons (Fsp3) is 0.483. The maximum Gasteiger partial charge on any atom is 0.218 e. The molecule has 208 valence electrons. The summed E-state index contributed by atoms with van der Waals surface area (Å²) in [5.41, 5.74) is 3.77. The summed E-state index contributed by atoms with van der Waals surface area (Å²) in [6.45, 7) is 10.7. The molecule has 11 heteroatoms. The first kappa shape index (κ1) is 26.5. The van der Waals surface area contributed by atoms with Crippen molar-refractivity contribution < 1.29 is 9.47 Å². The van der Waals surface area contributed by atoms with Crippen molar-refractivity contribution in [3.8, 4) is 23.2 Å². The van der Waals surface area contributed by atoms with Crippen LogP contribution in [0.5, 0.6) is 5.88 Å². The molecule has 1 saturated heterocycles. The maximum absolute atomic E-state index is 9.68. The molecular weight excluding hydrogens is 520 g/mol. The van der Waals surface area contributed by atoms with Gasteiger partial charge < -0.3 is 18.9 Å². The Balaban J connectivity index is 1.18. The van der Waals surface area contributed by atoms with Gasteiger partial charge in [0.2, 0.25) is 5.88 Å². The van der Waals surface area contributed by atoms with E-state index in [-0.39, 0.29) is 12.0 Å². The molecule has 2 aliphatic heterocycles. The van der Waals surface area contributed by atoms with Gasteiger partial charge in [-0.2, -0.15) is 15.3 Å². The number of aromatic nitrogens is 6. The Morgan fingerprint density at radius 3 is 2.98 bits per heavy atom. The lowest BCUT2D eigenvalue weighted by atomic mass is 9.96. The second-order valence-corrected chi connectivity index (χ2v) is 17.6. The molecule has 2 atom stereocenters. The van der Waals surface area contributed by atoms with E-state index in [0.717, 1.165) is 72.6 Å². The molecule has 40 heavy (non-hydrogen) atoms. The van der Waals surface area contributed by atoms with Crippen molar-refractivity contribution in [1.82, 2.24) is 29.3 Å². The molecule has 0 radical (unpaired) electrons. The number of ether oxygens (including phenoxy) is 2. The van der Waals surface area contributed by atoms with Crippen molar-refractivity contribution in [2.45, 2.75) is 57.7 Å². The summed E-state index contributed by atoms with van der Waals surface area (Å²) in [6.07, 6.45) is 9.76. The summed E-state index contributed by atoms with van der Waals surface area (Å²) in [7, 11) is -1.13. The molecule has 0 bridgehead atoms. The first-order chi connectivity index (χ1) is 19.4. The zero-order chi connectivity index (χ0) is 27.7. The van der Waals surface area contributed by atoms with Crippen molar-refractivity contribution in [2.24, 2.45) is 5.92 Å². The molecule has 4 aromatic heterocycles. The van der Waals surface area contributed by atoms with Crippen molar-refractivity contribution in [3.63, 3.8) is 0 Å². The Labute approximate surface area is 235 Å². The van der Waals surface area contributed by atoms with Crippen molar-refractivity contribution in [2.75, 3.05) is 31.2 Å². The summed E-state index contributed by atoms with van der Waals surface area (Å²) >= 11 is 0. The number of anilines is 1. The number of nitriles is 1. The Hall–Kier alpha value is -3.75. The molecule has 0 aromatic carbocycles. The quantitative estimate of drug-likeness (QED) is 0.200. The van der Waals surface area contributed by atoms with Crippen LogP contribution >= 0.6 is 0 Å². The monoisotopic (exact) mass is 556 g/mol. The van der Waals surface area contributed by atoms with E-state index < -0.39 is 8.07 Å². The van der Waals surface area contributed by atoms with Crippen LogP contribution in [0.4, 0.5) is 5.82 Å². The van der Waals surface area contributed by atoms with Crippen molar-refractivity contribution >= 4 is 24.9 Å². The minimum Gasteiger partial charge on any atom is -0.477 e. The van der Waals surface area contributed by atoms with Gasteiger partial charge in [-0.3, -0.25) is 4.68 Å². The minimum absolute atomic E-state index is 0.0314. The first-order valence-corrected chi connectivity index (χ1v) is 17.8. The lowest BCUT2D eigenvalue weighted by Gasteiger charge is -2.23. The van der Waals surface area contributed by atoms with Crippen molar-refractivity contribution in [1.29, 1.82) is 5.26 Å². The highest BCUT2D eigenvalue weighted by Crippen LogP contribution is 2.35. The van der Waals surface area contributed by atoms with E-state index in [4.69, 9.17) is 19.6 Å². The van der Waals surface area contributed by atoms with Gasteiger partial charge in [0.15, 0.2) is 0 Å². The zero-order valence-electron chi connectivity index (χ0n) is 23.5. The van der Waals surface area contributed by atoms with Crippen LogP contribution in [0.3, 0.4) is 0 Å². The number of hydrogen-bond acceptors (Lipinski definition) is 8. The highest BCUT2D eigenvalue weighted by atomic mass is 28.3. The average Bonchev–Trinajstić information content (AvgIpc) is 3.75. The zero-order valence-corrected chi connectivity index (χ0v) is 24.5. The summed E-state index contributed by atoms with van der Waals surface area (Å²) in [5.74, 6) is 1.98. The van der Waals surface area contributed by atoms with E-state index in [9.17, 15) is 5.26 Å². The van der Waals surface area contributed by atoms with Crippen LogP contribution in [0.2, 0.25) is 25.7 Å². The first-order valence-electron chi connectivity index (χ1n) is 14.1. The van der Waals surface area contributed by atoms with Gasteiger partial charge in [-0.05, 0) is 30.7 Å². The predicted molar refractivity (Wildman–Crippen MR) is 156 cm³/mol. The Morgan fingerprint density at radius 1 is 1.23 bits per heavy atom. The molecule has 0 saturated carbocycles. The molecule has 6 heterocycles. The minimum atomic E-state index is -1.13. The number of pyridine rings is 1. The number of fused-ring (bicyclic) bond motifs is 2. The molecule has 2 aliphatic rings. The summed E-state index contributed by atoms with van der Waals surface area (Å²) < 4.78 is 15.6. The van der Waals surface area contributed by atoms with Crippen LogP contribution in [-0.2, 0) is 17.9 Å². The van der Waals surface area contributed by atoms with Crippen LogP contribution in [0.15, 0.2) is 43.1 Å². The Bertz CT molecular complexity index is 1540. The SMILES string of the molecule is C[Si](C)(C)CCOCn1ccc2c(-c3cnn(C(CC#N)C4CCN(c5ccc6c(n5)OCC6)C4)c3)ncnc21. The molecule has 4 aromatic rings. The lowest BCUT2D eigenvalue weighted by Crippen LogP contribution is -2.25. The normalized spacial score (nSPS) is 17.6. The molecule has 0 amide bonds. The second kappa shape index (κ2) is 11.0. The molecule has 10 nitrogen and oxygen atoms in total. The van der Waals surface area contributed by atoms with Gasteiger partial charge in [0, 0.05) is 69.0 Å². The summed E-state index contributed by atoms with van der Waals surface area (Å²) in [6, 6.07) is 9.75. The summed E-state index contributed by atoms with van der Waals surface area (Å²) in [4.78, 5) is 16.2. The number of hydrogen-bond donors (Lipinski definition) is 0. The van der Waals surface area contributed by atoms with E-state index >= 15 is 0 Å². The van der Waals surface area contributed by atoms with Gasteiger partial charge in [0.25, 0.3) is 0 Å². The number of rotatable bonds is 10. The molecule has 2 unspecified atom stereocenters. The van der Waals surface area contributed by atoms with Gasteiger partial charge >= 0.3 is 0 Å². The van der Waals surface area contributed by atoms with Gasteiger partial charge in [0.05, 0.1) is 37.0 Å². The van der Waals surface area contributed by atoms with Crippen LogP contribution in [0.25, 0.3) is 22.3 Å². The Kier molecular flexibility index (Phi) is 7.29. The van der Waals surface area contributed by atoms with E-state index in [0.29, 0.717) is 19.8 Å². The maximum atomic E-state index is 9.68. The van der Waals surface area contributed by atoms with Crippen LogP contribution in [0.1, 0.15) is 24.4 Å². The summed E-state index contributed by atoms with van der Waals surface area (Å²) in [5, 5.41) is 15.4. The molecular formula is C29H36N8O2Si. The van der Waals surface area contributed by atoms with E-state index in [1.807, 2.05) is 33.9 Å². The number of nitrogens with zero attached hydrogens (tertiary/aromatic N) is 8. The van der Waals surface area contributed by atoms with Crippen LogP contribution in [-0.4, -0.2) is 63.7 Å². The molecule has 0 aliphatic carbocycles. The van der Waals surface area contributed by atoms with E-state index in [2.05, 4.69) is 52.7 Å². The highest BCUT2D eigenvalue weighted by Gasteiger charge is 2.32. The lowest BCUT2D eigenvalue weighted by molar-refractivity contribution is 0.0899. The van der Waals surface area contributed by atoms with Gasteiger partial charge in [-0.15, -0.1) is 0 Å². The third-order valence-corrected chi connectivity index (χ3v) is 9.63. The molecule has 6 rings (SSSR count).